The Labute approximate surface area is 240 Å². The van der Waals surface area contributed by atoms with Crippen LogP contribution in [-0.2, 0) is 19.5 Å². The van der Waals surface area contributed by atoms with Crippen molar-refractivity contribution in [3.63, 3.8) is 0 Å². The summed E-state index contributed by atoms with van der Waals surface area (Å²) >= 11 is 0. The number of rotatable bonds is 30. The Hall–Kier alpha value is -0.790. The molecule has 1 heterocycles. The quantitative estimate of drug-likeness (QED) is 0.0689. The molecular weight excluding hydrogens is 460 g/mol. The normalized spacial score (nSPS) is 11.6. The predicted molar refractivity (Wildman–Crippen MR) is 170 cm³/mol. The summed E-state index contributed by atoms with van der Waals surface area (Å²) in [6.07, 6.45) is 44.4. The number of hydrogen-bond donors (Lipinski definition) is 0. The van der Waals surface area contributed by atoms with Crippen molar-refractivity contribution in [2.24, 2.45) is 0 Å². The average Bonchev–Trinajstić information content (AvgIpc) is 3.31. The van der Waals surface area contributed by atoms with Gasteiger partial charge in [0.2, 0.25) is 0 Å². The summed E-state index contributed by atoms with van der Waals surface area (Å²) < 4.78 is 5.25. The molecule has 0 saturated heterocycles. The molecule has 0 saturated carbocycles. The van der Waals surface area contributed by atoms with Crippen molar-refractivity contribution in [2.45, 2.75) is 214 Å². The Balaban J connectivity index is 2.32. The highest BCUT2D eigenvalue weighted by Crippen LogP contribution is 2.14. The molecule has 0 unspecified atom stereocenters. The second-order valence-corrected chi connectivity index (χ2v) is 12.3. The molecule has 0 aliphatic heterocycles. The van der Waals surface area contributed by atoms with Gasteiger partial charge in [-0.2, -0.15) is 0 Å². The van der Waals surface area contributed by atoms with Crippen molar-refractivity contribution in [2.75, 3.05) is 0 Å². The van der Waals surface area contributed by atoms with E-state index in [9.17, 15) is 0 Å². The highest BCUT2D eigenvalue weighted by molar-refractivity contribution is 4.84. The monoisotopic (exact) mass is 532 g/mol. The molecule has 2 heteroatoms. The van der Waals surface area contributed by atoms with Crippen molar-refractivity contribution in [1.29, 1.82) is 0 Å². The van der Waals surface area contributed by atoms with Gasteiger partial charge in [0.15, 0.2) is 0 Å². The van der Waals surface area contributed by atoms with Gasteiger partial charge in [-0.15, -0.1) is 0 Å². The first kappa shape index (κ1) is 35.2. The lowest BCUT2D eigenvalue weighted by molar-refractivity contribution is -0.704. The van der Waals surface area contributed by atoms with Gasteiger partial charge in [-0.05, 0) is 32.1 Å². The molecule has 224 valence electrons. The lowest BCUT2D eigenvalue weighted by Gasteiger charge is -2.07. The molecule has 1 aromatic rings. The van der Waals surface area contributed by atoms with E-state index < -0.39 is 0 Å². The molecule has 0 atom stereocenters. The van der Waals surface area contributed by atoms with Crippen LogP contribution in [0.15, 0.2) is 12.4 Å². The average molecular weight is 532 g/mol. The largest absolute Gasteiger partial charge is 0.256 e. The smallest absolute Gasteiger partial charge is 0.234 e. The summed E-state index contributed by atoms with van der Waals surface area (Å²) in [4.78, 5) is 0. The molecule has 0 aromatic carbocycles. The number of unbranched alkanes of at least 4 members (excludes halogenated alkanes) is 24. The predicted octanol–water partition coefficient (Wildman–Crippen LogP) is 11.9. The van der Waals surface area contributed by atoms with E-state index in [4.69, 9.17) is 0 Å². The summed E-state index contributed by atoms with van der Waals surface area (Å²) in [5.41, 5.74) is 0. The molecule has 0 aliphatic rings. The Morgan fingerprint density at radius 3 is 1.26 bits per heavy atom. The highest BCUT2D eigenvalue weighted by Gasteiger charge is 2.16. The number of aromatic nitrogens is 2. The fraction of sp³-hybridized carbons (Fsp3) is 0.917. The molecular formula is C36H71N2+. The number of hydrogen-bond acceptors (Lipinski definition) is 0. The number of imidazole rings is 1. The standard InChI is InChI=1S/C36H71N2/c1-4-7-10-13-16-18-19-21-24-27-30-33-38-35-34-37(32-29-26-23-20-17-14-11-8-5-2)36(38)31-28-25-22-15-12-9-6-3/h34-35H,4-33H2,1-3H3/q+1. The SMILES string of the molecule is CCCCCCCCCCCCCn1cc[n+](CCCCCCCCCCC)c1CCCCCCCCC. The van der Waals surface area contributed by atoms with E-state index in [1.165, 1.54) is 193 Å². The van der Waals surface area contributed by atoms with Gasteiger partial charge in [-0.3, -0.25) is 0 Å². The topological polar surface area (TPSA) is 8.81 Å². The van der Waals surface area contributed by atoms with Crippen molar-refractivity contribution in [1.82, 2.24) is 4.57 Å². The first-order chi connectivity index (χ1) is 18.8. The van der Waals surface area contributed by atoms with Gasteiger partial charge in [-0.25, -0.2) is 9.13 Å². The van der Waals surface area contributed by atoms with Gasteiger partial charge in [0.05, 0.1) is 13.1 Å². The molecule has 0 spiro atoms. The lowest BCUT2D eigenvalue weighted by Crippen LogP contribution is -2.37. The van der Waals surface area contributed by atoms with E-state index in [0.29, 0.717) is 0 Å². The van der Waals surface area contributed by atoms with Crippen LogP contribution < -0.4 is 4.57 Å². The van der Waals surface area contributed by atoms with Crippen LogP contribution >= 0.6 is 0 Å². The zero-order valence-corrected chi connectivity index (χ0v) is 26.8. The summed E-state index contributed by atoms with van der Waals surface area (Å²) in [6.45, 7) is 9.39. The molecule has 0 bridgehead atoms. The van der Waals surface area contributed by atoms with Gasteiger partial charge in [-0.1, -0.05) is 162 Å². The van der Waals surface area contributed by atoms with Crippen molar-refractivity contribution in [3.05, 3.63) is 18.2 Å². The maximum atomic E-state index is 2.62. The zero-order chi connectivity index (χ0) is 27.4. The van der Waals surface area contributed by atoms with E-state index >= 15 is 0 Å². The van der Waals surface area contributed by atoms with Gasteiger partial charge in [0.1, 0.15) is 12.4 Å². The van der Waals surface area contributed by atoms with Crippen molar-refractivity contribution < 1.29 is 4.57 Å². The molecule has 1 rings (SSSR count). The van der Waals surface area contributed by atoms with Crippen LogP contribution in [0.25, 0.3) is 0 Å². The van der Waals surface area contributed by atoms with Crippen LogP contribution in [0, 0.1) is 0 Å². The molecule has 0 aliphatic carbocycles. The number of aryl methyl sites for hydroxylation is 2. The molecule has 2 nitrogen and oxygen atoms in total. The molecule has 38 heavy (non-hydrogen) atoms. The molecule has 0 amide bonds. The van der Waals surface area contributed by atoms with Crippen LogP contribution in [0.3, 0.4) is 0 Å². The number of nitrogens with zero attached hydrogens (tertiary/aromatic N) is 2. The van der Waals surface area contributed by atoms with Crippen molar-refractivity contribution in [3.8, 4) is 0 Å². The van der Waals surface area contributed by atoms with Crippen molar-refractivity contribution >= 4 is 0 Å². The Kier molecular flexibility index (Phi) is 25.7. The third-order valence-corrected chi connectivity index (χ3v) is 8.60. The first-order valence-electron chi connectivity index (χ1n) is 17.9. The summed E-state index contributed by atoms with van der Waals surface area (Å²) in [7, 11) is 0. The van der Waals surface area contributed by atoms with E-state index in [1.54, 1.807) is 5.82 Å². The maximum Gasteiger partial charge on any atom is 0.256 e. The van der Waals surface area contributed by atoms with Gasteiger partial charge >= 0.3 is 0 Å². The van der Waals surface area contributed by atoms with Crippen LogP contribution in [0.5, 0.6) is 0 Å². The molecule has 1 aromatic heterocycles. The third-order valence-electron chi connectivity index (χ3n) is 8.60. The second-order valence-electron chi connectivity index (χ2n) is 12.3. The van der Waals surface area contributed by atoms with Gasteiger partial charge in [0, 0.05) is 6.42 Å². The van der Waals surface area contributed by atoms with Gasteiger partial charge in [0.25, 0.3) is 5.82 Å². The third kappa shape index (κ3) is 20.2. The first-order valence-corrected chi connectivity index (χ1v) is 17.9. The van der Waals surface area contributed by atoms with Gasteiger partial charge < -0.3 is 0 Å². The van der Waals surface area contributed by atoms with Crippen LogP contribution in [-0.4, -0.2) is 4.57 Å². The Morgan fingerprint density at radius 2 is 0.816 bits per heavy atom. The van der Waals surface area contributed by atoms with E-state index in [1.807, 2.05) is 0 Å². The summed E-state index contributed by atoms with van der Waals surface area (Å²) in [5.74, 6) is 1.62. The van der Waals surface area contributed by atoms with Crippen LogP contribution in [0.4, 0.5) is 0 Å². The highest BCUT2D eigenvalue weighted by atomic mass is 15.1. The van der Waals surface area contributed by atoms with E-state index in [2.05, 4.69) is 42.3 Å². The van der Waals surface area contributed by atoms with Crippen LogP contribution in [0.1, 0.15) is 200 Å². The van der Waals surface area contributed by atoms with E-state index in [-0.39, 0.29) is 0 Å². The summed E-state index contributed by atoms with van der Waals surface area (Å²) in [5, 5.41) is 0. The van der Waals surface area contributed by atoms with E-state index in [0.717, 1.165) is 0 Å². The summed E-state index contributed by atoms with van der Waals surface area (Å²) in [6, 6.07) is 0. The maximum absolute atomic E-state index is 2.62. The fourth-order valence-electron chi connectivity index (χ4n) is 5.97. The zero-order valence-electron chi connectivity index (χ0n) is 26.8. The Morgan fingerprint density at radius 1 is 0.447 bits per heavy atom. The fourth-order valence-corrected chi connectivity index (χ4v) is 5.97. The minimum Gasteiger partial charge on any atom is -0.234 e. The lowest BCUT2D eigenvalue weighted by atomic mass is 10.1. The second kappa shape index (κ2) is 27.8. The molecule has 0 radical (unpaired) electrons. The minimum atomic E-state index is 1.23. The minimum absolute atomic E-state index is 1.23. The van der Waals surface area contributed by atoms with Crippen LogP contribution in [0.2, 0.25) is 0 Å². The molecule has 0 N–H and O–H groups in total. The molecule has 0 fully saturated rings. The Bertz CT molecular complexity index is 590.